The minimum absolute atomic E-state index is 0.0547. The van der Waals surface area contributed by atoms with E-state index in [-0.39, 0.29) is 11.9 Å². The fourth-order valence-electron chi connectivity index (χ4n) is 0.911. The van der Waals surface area contributed by atoms with E-state index in [4.69, 9.17) is 0 Å². The number of nitrogens with one attached hydrogen (secondary N) is 2. The summed E-state index contributed by atoms with van der Waals surface area (Å²) in [6.07, 6.45) is 1.63. The maximum absolute atomic E-state index is 11.6. The molecule has 2 unspecified atom stereocenters. The monoisotopic (exact) mass is 220 g/mol. The molecular weight excluding hydrogens is 200 g/mol. The first-order valence-corrected chi connectivity index (χ1v) is 6.32. The first-order chi connectivity index (χ1) is 6.29. The molecule has 0 spiro atoms. The van der Waals surface area contributed by atoms with Gasteiger partial charge in [0.2, 0.25) is 5.91 Å². The molecule has 0 saturated heterocycles. The van der Waals surface area contributed by atoms with Gasteiger partial charge >= 0.3 is 0 Å². The molecule has 0 aliphatic carbocycles. The molecule has 0 heterocycles. The molecule has 0 aromatic heterocycles. The van der Waals surface area contributed by atoms with Gasteiger partial charge in [-0.1, -0.05) is 0 Å². The van der Waals surface area contributed by atoms with Gasteiger partial charge in [-0.15, -0.1) is 0 Å². The van der Waals surface area contributed by atoms with Gasteiger partial charge < -0.3 is 10.6 Å². The van der Waals surface area contributed by atoms with Crippen molar-refractivity contribution >= 4 is 16.7 Å². The van der Waals surface area contributed by atoms with E-state index < -0.39 is 16.3 Å². The van der Waals surface area contributed by atoms with E-state index >= 15 is 0 Å². The highest BCUT2D eigenvalue weighted by atomic mass is 32.2. The highest BCUT2D eigenvalue weighted by Crippen LogP contribution is 2.01. The Labute approximate surface area is 88.3 Å². The predicted octanol–water partition coefficient (Wildman–Crippen LogP) is -0.132. The minimum atomic E-state index is -0.876. The summed E-state index contributed by atoms with van der Waals surface area (Å²) >= 11 is 0. The Hall–Kier alpha value is -0.420. The van der Waals surface area contributed by atoms with Crippen molar-refractivity contribution in [2.45, 2.75) is 32.4 Å². The fraction of sp³-hybridized carbons (Fsp3) is 0.889. The van der Waals surface area contributed by atoms with Crippen molar-refractivity contribution in [3.63, 3.8) is 0 Å². The quantitative estimate of drug-likeness (QED) is 0.678. The van der Waals surface area contributed by atoms with Gasteiger partial charge in [0.25, 0.3) is 0 Å². The Morgan fingerprint density at radius 3 is 2.36 bits per heavy atom. The molecule has 4 nitrogen and oxygen atoms in total. The van der Waals surface area contributed by atoms with E-state index in [2.05, 4.69) is 10.6 Å². The summed E-state index contributed by atoms with van der Waals surface area (Å²) in [6, 6.07) is -0.0547. The third-order valence-electron chi connectivity index (χ3n) is 2.05. The standard InChI is InChI=1S/C9H20N2O2S/c1-7(6-14(5)13)11-8(12)9(2,3)10-4/h7,10H,6H2,1-5H3,(H,11,12). The van der Waals surface area contributed by atoms with Gasteiger partial charge in [-0.05, 0) is 27.8 Å². The zero-order valence-electron chi connectivity index (χ0n) is 9.51. The summed E-state index contributed by atoms with van der Waals surface area (Å²) in [6.45, 7) is 5.46. The molecule has 0 aromatic carbocycles. The number of carbonyl (C=O) groups excluding carboxylic acids is 1. The van der Waals surface area contributed by atoms with Crippen LogP contribution in [0.15, 0.2) is 0 Å². The molecule has 5 heteroatoms. The van der Waals surface area contributed by atoms with E-state index in [1.54, 1.807) is 27.2 Å². The van der Waals surface area contributed by atoms with Gasteiger partial charge in [-0.3, -0.25) is 9.00 Å². The zero-order valence-corrected chi connectivity index (χ0v) is 10.3. The van der Waals surface area contributed by atoms with Crippen LogP contribution in [0.1, 0.15) is 20.8 Å². The van der Waals surface area contributed by atoms with Crippen LogP contribution in [0.3, 0.4) is 0 Å². The molecule has 2 atom stereocenters. The number of hydrogen-bond donors (Lipinski definition) is 2. The Kier molecular flexibility index (Phi) is 5.29. The molecule has 0 aliphatic heterocycles. The van der Waals surface area contributed by atoms with E-state index in [0.29, 0.717) is 5.75 Å². The lowest BCUT2D eigenvalue weighted by Gasteiger charge is -2.25. The van der Waals surface area contributed by atoms with Crippen molar-refractivity contribution in [1.82, 2.24) is 10.6 Å². The molecule has 14 heavy (non-hydrogen) atoms. The van der Waals surface area contributed by atoms with Crippen molar-refractivity contribution < 1.29 is 9.00 Å². The van der Waals surface area contributed by atoms with Crippen LogP contribution in [-0.2, 0) is 15.6 Å². The summed E-state index contributed by atoms with van der Waals surface area (Å²) in [4.78, 5) is 11.6. The summed E-state index contributed by atoms with van der Waals surface area (Å²) in [5.41, 5.74) is -0.580. The number of carbonyl (C=O) groups is 1. The van der Waals surface area contributed by atoms with Gasteiger partial charge in [0.1, 0.15) is 0 Å². The van der Waals surface area contributed by atoms with Crippen LogP contribution < -0.4 is 10.6 Å². The maximum atomic E-state index is 11.6. The average molecular weight is 220 g/mol. The maximum Gasteiger partial charge on any atom is 0.239 e. The summed E-state index contributed by atoms with van der Waals surface area (Å²) in [5, 5.41) is 5.72. The molecule has 0 bridgehead atoms. The Morgan fingerprint density at radius 2 is 2.00 bits per heavy atom. The first-order valence-electron chi connectivity index (χ1n) is 4.59. The number of likely N-dealkylation sites (N-methyl/N-ethyl adjacent to an activating group) is 1. The van der Waals surface area contributed by atoms with Crippen LogP contribution in [0, 0.1) is 0 Å². The molecule has 0 fully saturated rings. The average Bonchev–Trinajstić information content (AvgIpc) is 2.02. The summed E-state index contributed by atoms with van der Waals surface area (Å²) < 4.78 is 10.9. The summed E-state index contributed by atoms with van der Waals surface area (Å²) in [7, 11) is 0.862. The lowest BCUT2D eigenvalue weighted by molar-refractivity contribution is -0.126. The van der Waals surface area contributed by atoms with E-state index in [9.17, 15) is 9.00 Å². The second-order valence-electron chi connectivity index (χ2n) is 3.99. The molecule has 0 aliphatic rings. The molecule has 0 radical (unpaired) electrons. The third-order valence-corrected chi connectivity index (χ3v) is 3.02. The smallest absolute Gasteiger partial charge is 0.239 e. The van der Waals surface area contributed by atoms with Crippen molar-refractivity contribution in [3.8, 4) is 0 Å². The highest BCUT2D eigenvalue weighted by Gasteiger charge is 2.26. The van der Waals surface area contributed by atoms with Gasteiger partial charge in [-0.25, -0.2) is 0 Å². The molecule has 0 saturated carbocycles. The van der Waals surface area contributed by atoms with Gasteiger partial charge in [0.15, 0.2) is 0 Å². The molecule has 84 valence electrons. The minimum Gasteiger partial charge on any atom is -0.351 e. The second-order valence-corrected chi connectivity index (χ2v) is 5.47. The van der Waals surface area contributed by atoms with Crippen molar-refractivity contribution in [1.29, 1.82) is 0 Å². The van der Waals surface area contributed by atoms with Gasteiger partial charge in [-0.2, -0.15) is 0 Å². The summed E-state index contributed by atoms with van der Waals surface area (Å²) in [5.74, 6) is 0.420. The molecule has 2 N–H and O–H groups in total. The Bertz CT molecular complexity index is 229. The zero-order chi connectivity index (χ0) is 11.4. The van der Waals surface area contributed by atoms with E-state index in [1.165, 1.54) is 0 Å². The Morgan fingerprint density at radius 1 is 1.50 bits per heavy atom. The second kappa shape index (κ2) is 5.46. The SMILES string of the molecule is CNC(C)(C)C(=O)NC(C)CS(C)=O. The number of hydrogen-bond acceptors (Lipinski definition) is 3. The van der Waals surface area contributed by atoms with Crippen molar-refractivity contribution in [2.24, 2.45) is 0 Å². The van der Waals surface area contributed by atoms with Gasteiger partial charge in [0, 0.05) is 28.9 Å². The molecule has 1 amide bonds. The first kappa shape index (κ1) is 13.6. The number of amides is 1. The third kappa shape index (κ3) is 4.72. The Balaban J connectivity index is 4.12. The van der Waals surface area contributed by atoms with Crippen LogP contribution in [-0.4, -0.2) is 40.8 Å². The predicted molar refractivity (Wildman–Crippen MR) is 59.7 cm³/mol. The lowest BCUT2D eigenvalue weighted by atomic mass is 10.1. The van der Waals surface area contributed by atoms with Crippen LogP contribution in [0.25, 0.3) is 0 Å². The van der Waals surface area contributed by atoms with Crippen molar-refractivity contribution in [2.75, 3.05) is 19.1 Å². The normalized spacial score (nSPS) is 16.1. The van der Waals surface area contributed by atoms with E-state index in [1.807, 2.05) is 6.92 Å². The van der Waals surface area contributed by atoms with Crippen molar-refractivity contribution in [3.05, 3.63) is 0 Å². The van der Waals surface area contributed by atoms with Crippen LogP contribution in [0.4, 0.5) is 0 Å². The van der Waals surface area contributed by atoms with Gasteiger partial charge in [0.05, 0.1) is 5.54 Å². The molecular formula is C9H20N2O2S. The fourth-order valence-corrected chi connectivity index (χ4v) is 1.70. The molecule has 0 rings (SSSR count). The highest BCUT2D eigenvalue weighted by molar-refractivity contribution is 7.84. The topological polar surface area (TPSA) is 58.2 Å². The van der Waals surface area contributed by atoms with Crippen LogP contribution in [0.2, 0.25) is 0 Å². The van der Waals surface area contributed by atoms with E-state index in [0.717, 1.165) is 0 Å². The molecule has 0 aromatic rings. The largest absolute Gasteiger partial charge is 0.351 e. The van der Waals surface area contributed by atoms with Crippen LogP contribution >= 0.6 is 0 Å². The van der Waals surface area contributed by atoms with Crippen LogP contribution in [0.5, 0.6) is 0 Å². The lowest BCUT2D eigenvalue weighted by Crippen LogP contribution is -2.53. The number of rotatable bonds is 5.